The first-order chi connectivity index (χ1) is 10.0. The van der Waals surface area contributed by atoms with E-state index in [2.05, 4.69) is 10.2 Å². The zero-order valence-corrected chi connectivity index (χ0v) is 12.9. The van der Waals surface area contributed by atoms with E-state index in [0.717, 1.165) is 24.2 Å². The Morgan fingerprint density at radius 3 is 3.05 bits per heavy atom. The number of esters is 1. The van der Waals surface area contributed by atoms with Gasteiger partial charge in [0.15, 0.2) is 0 Å². The number of carbonyl (C=O) groups excluding carboxylic acids is 1. The van der Waals surface area contributed by atoms with Gasteiger partial charge in [-0.2, -0.15) is 0 Å². The molecule has 1 saturated heterocycles. The maximum absolute atomic E-state index is 12.1. The number of nitrogens with one attached hydrogen (secondary N) is 1. The fourth-order valence-corrected chi connectivity index (χ4v) is 2.83. The third-order valence-electron chi connectivity index (χ3n) is 3.97. The fourth-order valence-electron chi connectivity index (χ4n) is 2.83. The highest BCUT2D eigenvalue weighted by Crippen LogP contribution is 2.31. The van der Waals surface area contributed by atoms with Crippen LogP contribution in [0.4, 0.5) is 0 Å². The molecule has 2 unspecified atom stereocenters. The normalized spacial score (nSPS) is 21.0. The Bertz CT molecular complexity index is 504. The van der Waals surface area contributed by atoms with E-state index in [4.69, 9.17) is 4.74 Å². The maximum atomic E-state index is 12.1. The Morgan fingerprint density at radius 2 is 2.33 bits per heavy atom. The van der Waals surface area contributed by atoms with Crippen LogP contribution in [0, 0.1) is 6.92 Å². The van der Waals surface area contributed by atoms with Crippen molar-refractivity contribution in [3.8, 4) is 5.75 Å². The lowest BCUT2D eigenvalue weighted by molar-refractivity contribution is -0.151. The van der Waals surface area contributed by atoms with Gasteiger partial charge >= 0.3 is 5.97 Å². The second kappa shape index (κ2) is 6.91. The number of rotatable bonds is 4. The summed E-state index contributed by atoms with van der Waals surface area (Å²) in [6.07, 6.45) is 0. The van der Waals surface area contributed by atoms with E-state index in [1.807, 2.05) is 32.9 Å². The Morgan fingerprint density at radius 1 is 1.57 bits per heavy atom. The van der Waals surface area contributed by atoms with E-state index >= 15 is 0 Å². The SMILES string of the molecule is CCOC(=O)C1CNCCN1C(C)c1cc(C)ccc1O. The van der Waals surface area contributed by atoms with E-state index in [0.29, 0.717) is 13.2 Å². The van der Waals surface area contributed by atoms with Crippen molar-refractivity contribution >= 4 is 5.97 Å². The first-order valence-electron chi connectivity index (χ1n) is 7.47. The topological polar surface area (TPSA) is 61.8 Å². The molecule has 5 heteroatoms. The van der Waals surface area contributed by atoms with Gasteiger partial charge in [0.1, 0.15) is 11.8 Å². The molecule has 1 fully saturated rings. The predicted octanol–water partition coefficient (Wildman–Crippen LogP) is 1.60. The Balaban J connectivity index is 2.23. The van der Waals surface area contributed by atoms with Crippen LogP contribution in [0.15, 0.2) is 18.2 Å². The molecule has 0 radical (unpaired) electrons. The summed E-state index contributed by atoms with van der Waals surface area (Å²) in [6, 6.07) is 5.22. The first kappa shape index (κ1) is 15.8. The highest BCUT2D eigenvalue weighted by molar-refractivity contribution is 5.76. The van der Waals surface area contributed by atoms with Crippen LogP contribution in [0.2, 0.25) is 0 Å². The van der Waals surface area contributed by atoms with E-state index < -0.39 is 0 Å². The highest BCUT2D eigenvalue weighted by atomic mass is 16.5. The zero-order valence-electron chi connectivity index (χ0n) is 12.9. The smallest absolute Gasteiger partial charge is 0.324 e. The number of phenols is 1. The molecule has 21 heavy (non-hydrogen) atoms. The van der Waals surface area contributed by atoms with E-state index in [1.54, 1.807) is 6.07 Å². The number of aryl methyl sites for hydroxylation is 1. The molecule has 0 amide bonds. The fraction of sp³-hybridized carbons (Fsp3) is 0.562. The molecule has 1 aromatic rings. The monoisotopic (exact) mass is 292 g/mol. The number of piperazine rings is 1. The number of hydrogen-bond acceptors (Lipinski definition) is 5. The standard InChI is InChI=1S/C16H24N2O3/c1-4-21-16(20)14-10-17-7-8-18(14)12(3)13-9-11(2)5-6-15(13)19/h5-6,9,12,14,17,19H,4,7-8,10H2,1-3H3. The summed E-state index contributed by atoms with van der Waals surface area (Å²) in [5, 5.41) is 13.3. The largest absolute Gasteiger partial charge is 0.508 e. The number of aromatic hydroxyl groups is 1. The second-order valence-electron chi connectivity index (χ2n) is 5.45. The number of ether oxygens (including phenoxy) is 1. The number of benzene rings is 1. The first-order valence-corrected chi connectivity index (χ1v) is 7.47. The van der Waals surface area contributed by atoms with Gasteiger partial charge in [0.2, 0.25) is 0 Å². The van der Waals surface area contributed by atoms with Crippen molar-refractivity contribution in [1.29, 1.82) is 0 Å². The van der Waals surface area contributed by atoms with Gasteiger partial charge in [-0.25, -0.2) is 0 Å². The average molecular weight is 292 g/mol. The van der Waals surface area contributed by atoms with Crippen LogP contribution in [-0.2, 0) is 9.53 Å². The van der Waals surface area contributed by atoms with Crippen LogP contribution in [0.25, 0.3) is 0 Å². The van der Waals surface area contributed by atoms with Crippen molar-refractivity contribution in [2.24, 2.45) is 0 Å². The minimum absolute atomic E-state index is 0.0404. The zero-order chi connectivity index (χ0) is 15.4. The molecular weight excluding hydrogens is 268 g/mol. The summed E-state index contributed by atoms with van der Waals surface area (Å²) in [6.45, 7) is 8.37. The molecule has 1 aromatic carbocycles. The lowest BCUT2D eigenvalue weighted by Gasteiger charge is -2.39. The Hall–Kier alpha value is -1.59. The van der Waals surface area contributed by atoms with Crippen LogP contribution >= 0.6 is 0 Å². The van der Waals surface area contributed by atoms with Gasteiger partial charge in [0.05, 0.1) is 6.61 Å². The van der Waals surface area contributed by atoms with Crippen molar-refractivity contribution in [2.75, 3.05) is 26.2 Å². The number of carbonyl (C=O) groups is 1. The molecule has 0 saturated carbocycles. The molecule has 1 heterocycles. The van der Waals surface area contributed by atoms with Crippen molar-refractivity contribution in [3.63, 3.8) is 0 Å². The van der Waals surface area contributed by atoms with Crippen molar-refractivity contribution < 1.29 is 14.6 Å². The Labute approximate surface area is 125 Å². The van der Waals surface area contributed by atoms with Crippen molar-refractivity contribution in [1.82, 2.24) is 10.2 Å². The van der Waals surface area contributed by atoms with Crippen LogP contribution in [-0.4, -0.2) is 48.3 Å². The van der Waals surface area contributed by atoms with Crippen molar-refractivity contribution in [2.45, 2.75) is 32.9 Å². The molecule has 0 spiro atoms. The highest BCUT2D eigenvalue weighted by Gasteiger charge is 2.34. The van der Waals surface area contributed by atoms with Gasteiger partial charge in [-0.1, -0.05) is 17.7 Å². The molecule has 2 N–H and O–H groups in total. The van der Waals surface area contributed by atoms with Crippen LogP contribution in [0.1, 0.15) is 31.0 Å². The quantitative estimate of drug-likeness (QED) is 0.825. The minimum atomic E-state index is -0.311. The van der Waals surface area contributed by atoms with Gasteiger partial charge in [0.25, 0.3) is 0 Å². The van der Waals surface area contributed by atoms with E-state index in [9.17, 15) is 9.90 Å². The summed E-state index contributed by atoms with van der Waals surface area (Å²) >= 11 is 0. The van der Waals surface area contributed by atoms with Crippen LogP contribution in [0.5, 0.6) is 5.75 Å². The lowest BCUT2D eigenvalue weighted by Crippen LogP contribution is -2.56. The minimum Gasteiger partial charge on any atom is -0.508 e. The van der Waals surface area contributed by atoms with Crippen LogP contribution < -0.4 is 5.32 Å². The van der Waals surface area contributed by atoms with Gasteiger partial charge in [0, 0.05) is 31.2 Å². The Kier molecular flexibility index (Phi) is 5.20. The molecular formula is C16H24N2O3. The summed E-state index contributed by atoms with van der Waals surface area (Å²) in [5.74, 6) is 0.0675. The van der Waals surface area contributed by atoms with Gasteiger partial charge in [-0.3, -0.25) is 9.69 Å². The van der Waals surface area contributed by atoms with E-state index in [-0.39, 0.29) is 23.8 Å². The number of nitrogens with zero attached hydrogens (tertiary/aromatic N) is 1. The van der Waals surface area contributed by atoms with Crippen LogP contribution in [0.3, 0.4) is 0 Å². The third kappa shape index (κ3) is 3.54. The summed E-state index contributed by atoms with van der Waals surface area (Å²) in [5.41, 5.74) is 1.95. The summed E-state index contributed by atoms with van der Waals surface area (Å²) < 4.78 is 5.17. The summed E-state index contributed by atoms with van der Waals surface area (Å²) in [4.78, 5) is 14.2. The maximum Gasteiger partial charge on any atom is 0.324 e. The molecule has 116 valence electrons. The third-order valence-corrected chi connectivity index (χ3v) is 3.97. The lowest BCUT2D eigenvalue weighted by atomic mass is 10.0. The molecule has 0 aliphatic carbocycles. The molecule has 5 nitrogen and oxygen atoms in total. The molecule has 1 aliphatic rings. The molecule has 2 rings (SSSR count). The summed E-state index contributed by atoms with van der Waals surface area (Å²) in [7, 11) is 0. The number of phenolic OH excluding ortho intramolecular Hbond substituents is 1. The average Bonchev–Trinajstić information content (AvgIpc) is 2.49. The van der Waals surface area contributed by atoms with Gasteiger partial charge in [-0.05, 0) is 26.8 Å². The van der Waals surface area contributed by atoms with Crippen molar-refractivity contribution in [3.05, 3.63) is 29.3 Å². The predicted molar refractivity (Wildman–Crippen MR) is 81.3 cm³/mol. The molecule has 0 bridgehead atoms. The van der Waals surface area contributed by atoms with Gasteiger partial charge in [-0.15, -0.1) is 0 Å². The molecule has 2 atom stereocenters. The molecule has 1 aliphatic heterocycles. The molecule has 0 aromatic heterocycles. The number of hydrogen-bond donors (Lipinski definition) is 2. The van der Waals surface area contributed by atoms with E-state index in [1.165, 1.54) is 0 Å². The second-order valence-corrected chi connectivity index (χ2v) is 5.45. The van der Waals surface area contributed by atoms with Gasteiger partial charge < -0.3 is 15.2 Å².